The fraction of sp³-hybridized carbons (Fsp3) is 0.433. The molecule has 0 spiro atoms. The van der Waals surface area contributed by atoms with Crippen LogP contribution in [0, 0.1) is 23.5 Å². The van der Waals surface area contributed by atoms with E-state index in [1.165, 1.54) is 65.5 Å². The Labute approximate surface area is 205 Å². The van der Waals surface area contributed by atoms with Gasteiger partial charge in [-0.2, -0.15) is 41.5 Å². The Morgan fingerprint density at radius 3 is 2.16 bits per heavy atom. The summed E-state index contributed by atoms with van der Waals surface area (Å²) in [7, 11) is 0. The topological polar surface area (TPSA) is 0 Å². The molecule has 1 heteroatoms. The van der Waals surface area contributed by atoms with Crippen molar-refractivity contribution in [3.63, 3.8) is 0 Å². The van der Waals surface area contributed by atoms with Crippen LogP contribution in [0.5, 0.6) is 0 Å². The molecule has 0 bridgehead atoms. The molecule has 1 atom stereocenters. The zero-order chi connectivity index (χ0) is 22.4. The molecular formula is C30H36Zr. The molecule has 0 radical (unpaired) electrons. The van der Waals surface area contributed by atoms with Gasteiger partial charge in [-0.05, 0) is 6.42 Å². The van der Waals surface area contributed by atoms with Crippen LogP contribution in [0.4, 0.5) is 0 Å². The summed E-state index contributed by atoms with van der Waals surface area (Å²) >= 11 is 1.69. The smallest absolute Gasteiger partial charge is 0.0253 e. The molecule has 2 aromatic carbocycles. The standard InChI is InChI=1S/C13H9.C11H17.C6H10.Zr/c1-3-7-12-10(5-1)9-11-6-2-4-8-13(11)12;1-8-6-9(2)10(7-8)11(3,4)5;1-2-4-6-5-3-1;/h1-5,7-8H,9H2;7-8H,1-5H3;1-5H2;/q2*-1;;+2. The molecule has 0 amide bonds. The third-order valence-corrected chi connectivity index (χ3v) is 7.38. The molecular weight excluding hydrogens is 452 g/mol. The van der Waals surface area contributed by atoms with E-state index in [1.54, 1.807) is 27.4 Å². The summed E-state index contributed by atoms with van der Waals surface area (Å²) in [4.78, 5) is 0. The summed E-state index contributed by atoms with van der Waals surface area (Å²) in [6.07, 6.45) is 14.1. The fourth-order valence-electron chi connectivity index (χ4n) is 4.62. The van der Waals surface area contributed by atoms with Crippen LogP contribution in [0.15, 0.2) is 59.7 Å². The minimum absolute atomic E-state index is 0.293. The molecule has 1 fully saturated rings. The van der Waals surface area contributed by atoms with Crippen LogP contribution < -0.4 is 0 Å². The second-order valence-corrected chi connectivity index (χ2v) is 11.7. The average Bonchev–Trinajstić information content (AvgIpc) is 3.28. The minimum Gasteiger partial charge on any atom is -0.179 e. The van der Waals surface area contributed by atoms with Crippen molar-refractivity contribution in [2.24, 2.45) is 11.3 Å². The first kappa shape index (κ1) is 24.3. The molecule has 0 aliphatic heterocycles. The van der Waals surface area contributed by atoms with Crippen molar-refractivity contribution < 1.29 is 24.2 Å². The van der Waals surface area contributed by atoms with Crippen LogP contribution in [0.3, 0.4) is 0 Å². The van der Waals surface area contributed by atoms with Crippen molar-refractivity contribution in [3.8, 4) is 11.1 Å². The summed E-state index contributed by atoms with van der Waals surface area (Å²) in [5.41, 5.74) is 8.60. The van der Waals surface area contributed by atoms with Gasteiger partial charge in [0.2, 0.25) is 0 Å². The number of hydrogen-bond donors (Lipinski definition) is 0. The van der Waals surface area contributed by atoms with Crippen LogP contribution in [0.1, 0.15) is 77.8 Å². The number of allylic oxidation sites excluding steroid dienone is 4. The van der Waals surface area contributed by atoms with Crippen molar-refractivity contribution in [1.29, 1.82) is 0 Å². The van der Waals surface area contributed by atoms with Gasteiger partial charge >= 0.3 is 59.5 Å². The van der Waals surface area contributed by atoms with E-state index >= 15 is 0 Å². The molecule has 3 aliphatic rings. The van der Waals surface area contributed by atoms with Crippen molar-refractivity contribution in [3.05, 3.63) is 83.0 Å². The first-order chi connectivity index (χ1) is 14.8. The summed E-state index contributed by atoms with van der Waals surface area (Å²) in [5.74, 6) is 0.518. The molecule has 2 aromatic rings. The maximum absolute atomic E-state index is 3.40. The Balaban J connectivity index is 0.000000138. The van der Waals surface area contributed by atoms with E-state index < -0.39 is 0 Å². The van der Waals surface area contributed by atoms with Crippen molar-refractivity contribution in [2.45, 2.75) is 73.1 Å². The number of fused-ring (bicyclic) bond motifs is 3. The normalized spacial score (nSPS) is 19.2. The minimum atomic E-state index is 0.293. The summed E-state index contributed by atoms with van der Waals surface area (Å²) in [6.45, 7) is 11.1. The Bertz CT molecular complexity index is 916. The first-order valence-corrected chi connectivity index (χ1v) is 13.0. The molecule has 0 N–H and O–H groups in total. The third kappa shape index (κ3) is 6.82. The summed E-state index contributed by atoms with van der Waals surface area (Å²) in [5, 5.41) is 0. The largest absolute Gasteiger partial charge is 0.179 e. The molecule has 0 nitrogen and oxygen atoms in total. The van der Waals surface area contributed by atoms with Crippen molar-refractivity contribution in [1.82, 2.24) is 0 Å². The van der Waals surface area contributed by atoms with Gasteiger partial charge in [-0.25, -0.2) is 5.57 Å². The second kappa shape index (κ2) is 11.0. The Kier molecular flexibility index (Phi) is 8.63. The first-order valence-electron chi connectivity index (χ1n) is 11.7. The maximum Gasteiger partial charge on any atom is -0.0253 e. The molecule has 5 rings (SSSR count). The molecule has 160 valence electrons. The molecule has 0 saturated heterocycles. The summed E-state index contributed by atoms with van der Waals surface area (Å²) < 4.78 is 1.80. The quantitative estimate of drug-likeness (QED) is 0.281. The van der Waals surface area contributed by atoms with Crippen molar-refractivity contribution in [2.75, 3.05) is 0 Å². The Morgan fingerprint density at radius 1 is 0.935 bits per heavy atom. The van der Waals surface area contributed by atoms with E-state index in [9.17, 15) is 0 Å². The van der Waals surface area contributed by atoms with Gasteiger partial charge in [0.1, 0.15) is 0 Å². The molecule has 31 heavy (non-hydrogen) atoms. The third-order valence-electron chi connectivity index (χ3n) is 6.15. The second-order valence-electron chi connectivity index (χ2n) is 9.95. The zero-order valence-corrected chi connectivity index (χ0v) is 22.4. The van der Waals surface area contributed by atoms with Gasteiger partial charge in [0.15, 0.2) is 0 Å². The van der Waals surface area contributed by atoms with Crippen molar-refractivity contribution >= 4 is 3.21 Å². The molecule has 0 heterocycles. The van der Waals surface area contributed by atoms with Gasteiger partial charge in [0.05, 0.1) is 0 Å². The van der Waals surface area contributed by atoms with Gasteiger partial charge in [0, 0.05) is 0 Å². The average molecular weight is 488 g/mol. The summed E-state index contributed by atoms with van der Waals surface area (Å²) in [6, 6.07) is 18.1. The van der Waals surface area contributed by atoms with Crippen LogP contribution >= 0.6 is 0 Å². The van der Waals surface area contributed by atoms with Gasteiger partial charge in [-0.15, -0.1) is 5.56 Å². The molecule has 1 saturated carbocycles. The van der Waals surface area contributed by atoms with E-state index in [4.69, 9.17) is 0 Å². The predicted molar refractivity (Wildman–Crippen MR) is 131 cm³/mol. The monoisotopic (exact) mass is 486 g/mol. The van der Waals surface area contributed by atoms with Gasteiger partial charge in [-0.3, -0.25) is 6.08 Å². The van der Waals surface area contributed by atoms with E-state index in [2.05, 4.69) is 89.2 Å². The number of rotatable bonds is 0. The Morgan fingerprint density at radius 2 is 1.61 bits per heavy atom. The van der Waals surface area contributed by atoms with E-state index in [0.29, 0.717) is 11.3 Å². The Hall–Kier alpha value is -1.33. The SMILES string of the molecule is CC1=[C-]C(C)C=C1C(C)(C)C.[Zr+2]=[C]1CCCCC1.[c-]1cccc2c1Cc1ccccc1-2. The number of benzene rings is 2. The number of hydrogen-bond acceptors (Lipinski definition) is 0. The van der Waals surface area contributed by atoms with E-state index in [1.807, 2.05) is 6.07 Å². The molecule has 3 aliphatic carbocycles. The maximum atomic E-state index is 3.40. The van der Waals surface area contributed by atoms with Gasteiger partial charge in [0.25, 0.3) is 0 Å². The van der Waals surface area contributed by atoms with Gasteiger partial charge in [-0.1, -0.05) is 81.3 Å². The zero-order valence-electron chi connectivity index (χ0n) is 19.9. The molecule has 0 aromatic heterocycles. The van der Waals surface area contributed by atoms with E-state index in [-0.39, 0.29) is 0 Å². The molecule has 1 unspecified atom stereocenters. The van der Waals surface area contributed by atoms with Crippen LogP contribution in [0.25, 0.3) is 11.1 Å². The van der Waals surface area contributed by atoms with Crippen LogP contribution in [0.2, 0.25) is 0 Å². The van der Waals surface area contributed by atoms with Crippen LogP contribution in [-0.2, 0) is 30.7 Å². The van der Waals surface area contributed by atoms with Crippen LogP contribution in [-0.4, -0.2) is 3.21 Å². The predicted octanol–water partition coefficient (Wildman–Crippen LogP) is 8.09. The fourth-order valence-corrected chi connectivity index (χ4v) is 5.49. The van der Waals surface area contributed by atoms with E-state index in [0.717, 1.165) is 6.42 Å². The van der Waals surface area contributed by atoms with Gasteiger partial charge < -0.3 is 0 Å².